The Bertz CT molecular complexity index is 1500. The molecule has 0 saturated carbocycles. The first-order valence-corrected chi connectivity index (χ1v) is 11.8. The van der Waals surface area contributed by atoms with E-state index in [2.05, 4.69) is 4.90 Å². The molecule has 2 aromatic heterocycles. The fraction of sp³-hybridized carbons (Fsp3) is 0.292. The van der Waals surface area contributed by atoms with Crippen LogP contribution in [0.1, 0.15) is 18.9 Å². The molecule has 1 aliphatic heterocycles. The summed E-state index contributed by atoms with van der Waals surface area (Å²) < 4.78 is 10.1. The van der Waals surface area contributed by atoms with Crippen molar-refractivity contribution in [2.75, 3.05) is 18.1 Å². The summed E-state index contributed by atoms with van der Waals surface area (Å²) in [6.45, 7) is 4.02. The van der Waals surface area contributed by atoms with Gasteiger partial charge in [-0.05, 0) is 55.3 Å². The largest absolute Gasteiger partial charge is 0.494 e. The van der Waals surface area contributed by atoms with Gasteiger partial charge in [0, 0.05) is 25.8 Å². The summed E-state index contributed by atoms with van der Waals surface area (Å²) in [5, 5.41) is 0.790. The fourth-order valence-corrected chi connectivity index (χ4v) is 4.68. The predicted molar refractivity (Wildman–Crippen MR) is 134 cm³/mol. The molecule has 0 unspecified atom stereocenters. The van der Waals surface area contributed by atoms with Crippen LogP contribution in [0.15, 0.2) is 52.1 Å². The maximum Gasteiger partial charge on any atom is 0.332 e. The summed E-state index contributed by atoms with van der Waals surface area (Å²) >= 11 is 12.1. The smallest absolute Gasteiger partial charge is 0.332 e. The molecule has 0 amide bonds. The first-order valence-electron chi connectivity index (χ1n) is 11.0. The molecule has 0 bridgehead atoms. The second-order valence-corrected chi connectivity index (χ2v) is 8.96. The van der Waals surface area contributed by atoms with Crippen LogP contribution in [0.4, 0.5) is 11.6 Å². The number of hydrogen-bond acceptors (Lipinski definition) is 5. The summed E-state index contributed by atoms with van der Waals surface area (Å²) in [5.74, 6) is 1.44. The van der Waals surface area contributed by atoms with Gasteiger partial charge in [0.2, 0.25) is 5.95 Å². The average molecular weight is 500 g/mol. The highest BCUT2D eigenvalue weighted by molar-refractivity contribution is 6.42. The third kappa shape index (κ3) is 3.76. The molecule has 0 aliphatic carbocycles. The zero-order valence-corrected chi connectivity index (χ0v) is 20.3. The summed E-state index contributed by atoms with van der Waals surface area (Å²) in [6.07, 6.45) is 0.834. The molecule has 0 atom stereocenters. The Balaban J connectivity index is 1.62. The zero-order chi connectivity index (χ0) is 24.0. The van der Waals surface area contributed by atoms with Crippen LogP contribution in [0.3, 0.4) is 0 Å². The van der Waals surface area contributed by atoms with E-state index in [0.717, 1.165) is 24.4 Å². The van der Waals surface area contributed by atoms with Crippen molar-refractivity contribution < 1.29 is 4.74 Å². The summed E-state index contributed by atoms with van der Waals surface area (Å²) in [6, 6.07) is 12.9. The second-order valence-electron chi connectivity index (χ2n) is 8.15. The highest BCUT2D eigenvalue weighted by Gasteiger charge is 2.27. The minimum absolute atomic E-state index is 0.0848. The van der Waals surface area contributed by atoms with E-state index in [4.69, 9.17) is 32.9 Å². The molecule has 3 heterocycles. The molecule has 2 aromatic carbocycles. The summed E-state index contributed by atoms with van der Waals surface area (Å²) in [7, 11) is 1.63. The Morgan fingerprint density at radius 1 is 1.03 bits per heavy atom. The third-order valence-electron chi connectivity index (χ3n) is 6.00. The van der Waals surface area contributed by atoms with E-state index in [0.29, 0.717) is 45.9 Å². The molecule has 176 valence electrons. The molecule has 8 nitrogen and oxygen atoms in total. The molecule has 5 rings (SSSR count). The Morgan fingerprint density at radius 2 is 1.79 bits per heavy atom. The van der Waals surface area contributed by atoms with Crippen molar-refractivity contribution in [3.8, 4) is 5.75 Å². The van der Waals surface area contributed by atoms with Crippen molar-refractivity contribution in [3.05, 3.63) is 78.9 Å². The molecule has 10 heteroatoms. The number of rotatable bonds is 5. The lowest BCUT2D eigenvalue weighted by molar-refractivity contribution is 0.340. The highest BCUT2D eigenvalue weighted by Crippen LogP contribution is 2.32. The number of benzene rings is 2. The summed E-state index contributed by atoms with van der Waals surface area (Å²) in [5.41, 5.74) is 1.62. The first-order chi connectivity index (χ1) is 16.4. The zero-order valence-electron chi connectivity index (χ0n) is 18.8. The lowest BCUT2D eigenvalue weighted by Crippen LogP contribution is -2.40. The maximum atomic E-state index is 13.5. The van der Waals surface area contributed by atoms with Crippen LogP contribution in [-0.2, 0) is 20.1 Å². The van der Waals surface area contributed by atoms with E-state index in [1.165, 1.54) is 9.13 Å². The molecule has 1 aliphatic rings. The van der Waals surface area contributed by atoms with E-state index in [1.807, 2.05) is 35.8 Å². The molecule has 0 fully saturated rings. The normalized spacial score (nSPS) is 13.4. The minimum atomic E-state index is -0.438. The van der Waals surface area contributed by atoms with Gasteiger partial charge in [0.15, 0.2) is 11.2 Å². The van der Waals surface area contributed by atoms with E-state index in [9.17, 15) is 9.59 Å². The molecular formula is C24H23Cl2N5O3. The minimum Gasteiger partial charge on any atom is -0.494 e. The molecular weight excluding hydrogens is 477 g/mol. The van der Waals surface area contributed by atoms with Crippen LogP contribution in [0.5, 0.6) is 5.75 Å². The molecule has 4 aromatic rings. The SMILES string of the molecule is CCOc1ccc(N2CCCn3c2nc2c3c(=O)n(Cc3ccc(Cl)c(Cl)c3)c(=O)n2C)cc1. The van der Waals surface area contributed by atoms with Crippen LogP contribution < -0.4 is 20.9 Å². The van der Waals surface area contributed by atoms with E-state index in [-0.39, 0.29) is 12.1 Å². The molecule has 0 radical (unpaired) electrons. The molecule has 0 N–H and O–H groups in total. The number of halogens is 2. The maximum absolute atomic E-state index is 13.5. The topological polar surface area (TPSA) is 74.3 Å². The number of nitrogens with zero attached hydrogens (tertiary/aromatic N) is 5. The molecule has 0 saturated heterocycles. The number of hydrogen-bond donors (Lipinski definition) is 0. The number of fused-ring (bicyclic) bond motifs is 3. The van der Waals surface area contributed by atoms with Crippen molar-refractivity contribution in [1.29, 1.82) is 0 Å². The van der Waals surface area contributed by atoms with Crippen LogP contribution in [-0.4, -0.2) is 31.8 Å². The number of aryl methyl sites for hydroxylation is 2. The van der Waals surface area contributed by atoms with Gasteiger partial charge in [-0.25, -0.2) is 4.79 Å². The van der Waals surface area contributed by atoms with Gasteiger partial charge in [-0.3, -0.25) is 13.9 Å². The van der Waals surface area contributed by atoms with Gasteiger partial charge in [-0.15, -0.1) is 0 Å². The molecule has 0 spiro atoms. The van der Waals surface area contributed by atoms with E-state index >= 15 is 0 Å². The van der Waals surface area contributed by atoms with Crippen LogP contribution in [0, 0.1) is 0 Å². The van der Waals surface area contributed by atoms with Gasteiger partial charge in [0.05, 0.1) is 23.2 Å². The lowest BCUT2D eigenvalue weighted by atomic mass is 10.2. The van der Waals surface area contributed by atoms with E-state index in [1.54, 1.807) is 25.2 Å². The van der Waals surface area contributed by atoms with Gasteiger partial charge < -0.3 is 14.2 Å². The Hall–Kier alpha value is -3.23. The standard InChI is InChI=1S/C24H23Cl2N5O3/c1-3-34-17-8-6-16(7-9-17)29-11-4-12-30-20-21(27-23(29)30)28(2)24(33)31(22(20)32)14-15-5-10-18(25)19(26)13-15/h5-10,13H,3-4,11-12,14H2,1-2H3. The van der Waals surface area contributed by atoms with Crippen LogP contribution >= 0.6 is 23.2 Å². The number of imidazole rings is 1. The number of aromatic nitrogens is 4. The van der Waals surface area contributed by atoms with Gasteiger partial charge in [0.1, 0.15) is 5.75 Å². The second kappa shape index (κ2) is 8.85. The van der Waals surface area contributed by atoms with Crippen LogP contribution in [0.25, 0.3) is 11.2 Å². The Kier molecular flexibility index (Phi) is 5.87. The quantitative estimate of drug-likeness (QED) is 0.411. The number of anilines is 2. The van der Waals surface area contributed by atoms with Gasteiger partial charge in [0.25, 0.3) is 5.56 Å². The third-order valence-corrected chi connectivity index (χ3v) is 6.74. The van der Waals surface area contributed by atoms with Crippen LogP contribution in [0.2, 0.25) is 10.0 Å². The van der Waals surface area contributed by atoms with Crippen molar-refractivity contribution >= 4 is 46.0 Å². The summed E-state index contributed by atoms with van der Waals surface area (Å²) in [4.78, 5) is 33.5. The highest BCUT2D eigenvalue weighted by atomic mass is 35.5. The fourth-order valence-electron chi connectivity index (χ4n) is 4.36. The van der Waals surface area contributed by atoms with Gasteiger partial charge in [-0.1, -0.05) is 29.3 Å². The lowest BCUT2D eigenvalue weighted by Gasteiger charge is -2.29. The van der Waals surface area contributed by atoms with Crippen molar-refractivity contribution in [2.24, 2.45) is 7.05 Å². The van der Waals surface area contributed by atoms with E-state index < -0.39 is 5.69 Å². The predicted octanol–water partition coefficient (Wildman–Crippen LogP) is 4.19. The number of ether oxygens (including phenoxy) is 1. The van der Waals surface area contributed by atoms with Gasteiger partial charge >= 0.3 is 5.69 Å². The average Bonchev–Trinajstić information content (AvgIpc) is 3.23. The molecule has 34 heavy (non-hydrogen) atoms. The Labute approximate surface area is 205 Å². The van der Waals surface area contributed by atoms with Crippen molar-refractivity contribution in [1.82, 2.24) is 18.7 Å². The monoisotopic (exact) mass is 499 g/mol. The Morgan fingerprint density at radius 3 is 2.50 bits per heavy atom. The van der Waals surface area contributed by atoms with Gasteiger partial charge in [-0.2, -0.15) is 4.98 Å². The first kappa shape index (κ1) is 22.6. The van der Waals surface area contributed by atoms with Crippen molar-refractivity contribution in [3.63, 3.8) is 0 Å². The van der Waals surface area contributed by atoms with Crippen molar-refractivity contribution in [2.45, 2.75) is 26.4 Å².